The molecule has 1 aliphatic rings. The highest BCUT2D eigenvalue weighted by Crippen LogP contribution is 2.22. The second-order valence-corrected chi connectivity index (χ2v) is 5.17. The van der Waals surface area contributed by atoms with Crippen molar-refractivity contribution in [2.24, 2.45) is 11.7 Å². The van der Waals surface area contributed by atoms with Gasteiger partial charge in [-0.3, -0.25) is 4.79 Å². The summed E-state index contributed by atoms with van der Waals surface area (Å²) in [5.74, 6) is 0.431. The summed E-state index contributed by atoms with van der Waals surface area (Å²) in [6.45, 7) is 2.60. The van der Waals surface area contributed by atoms with Gasteiger partial charge in [0.2, 0.25) is 0 Å². The van der Waals surface area contributed by atoms with Crippen LogP contribution in [0, 0.1) is 12.8 Å². The summed E-state index contributed by atoms with van der Waals surface area (Å²) < 4.78 is 0. The molecule has 0 radical (unpaired) electrons. The van der Waals surface area contributed by atoms with Crippen LogP contribution in [0.15, 0.2) is 18.2 Å². The minimum Gasteiger partial charge on any atom is -0.350 e. The number of aromatic nitrogens is 1. The molecule has 1 amide bonds. The maximum absolute atomic E-state index is 11.9. The lowest BCUT2D eigenvalue weighted by molar-refractivity contribution is 0.0937. The Kier molecular flexibility index (Phi) is 4.31. The van der Waals surface area contributed by atoms with E-state index in [1.165, 1.54) is 6.42 Å². The summed E-state index contributed by atoms with van der Waals surface area (Å²) in [5, 5.41) is 2.96. The molecule has 0 saturated heterocycles. The topological polar surface area (TPSA) is 68.0 Å². The number of hydrogen-bond acceptors (Lipinski definition) is 3. The van der Waals surface area contributed by atoms with Gasteiger partial charge in [0.1, 0.15) is 5.69 Å². The van der Waals surface area contributed by atoms with Gasteiger partial charge in [-0.05, 0) is 44.2 Å². The van der Waals surface area contributed by atoms with Gasteiger partial charge in [-0.15, -0.1) is 0 Å². The first kappa shape index (κ1) is 13.0. The number of nitrogens with two attached hydrogens (primary N) is 1. The lowest BCUT2D eigenvalue weighted by atomic mass is 9.86. The predicted molar refractivity (Wildman–Crippen MR) is 71.2 cm³/mol. The summed E-state index contributed by atoms with van der Waals surface area (Å²) in [5.41, 5.74) is 7.30. The third-order valence-corrected chi connectivity index (χ3v) is 3.50. The fourth-order valence-corrected chi connectivity index (χ4v) is 2.52. The molecule has 2 atom stereocenters. The van der Waals surface area contributed by atoms with E-state index in [1.54, 1.807) is 6.07 Å². The van der Waals surface area contributed by atoms with E-state index in [-0.39, 0.29) is 5.91 Å². The second-order valence-electron chi connectivity index (χ2n) is 5.17. The van der Waals surface area contributed by atoms with Crippen LogP contribution in [-0.4, -0.2) is 23.5 Å². The number of aryl methyl sites for hydroxylation is 1. The van der Waals surface area contributed by atoms with Crippen molar-refractivity contribution < 1.29 is 4.79 Å². The molecular formula is C14H21N3O. The average Bonchev–Trinajstić information content (AvgIpc) is 2.36. The third-order valence-electron chi connectivity index (χ3n) is 3.50. The average molecular weight is 247 g/mol. The molecule has 98 valence electrons. The summed E-state index contributed by atoms with van der Waals surface area (Å²) in [4.78, 5) is 16.1. The van der Waals surface area contributed by atoms with Crippen molar-refractivity contribution in [2.45, 2.75) is 38.6 Å². The third kappa shape index (κ3) is 3.53. The molecule has 1 aromatic rings. The van der Waals surface area contributed by atoms with Crippen LogP contribution in [0.4, 0.5) is 0 Å². The van der Waals surface area contributed by atoms with Crippen molar-refractivity contribution >= 4 is 5.91 Å². The molecule has 0 aliphatic heterocycles. The number of nitrogens with zero attached hydrogens (tertiary/aromatic N) is 1. The van der Waals surface area contributed by atoms with Crippen molar-refractivity contribution in [2.75, 3.05) is 6.54 Å². The number of pyridine rings is 1. The van der Waals surface area contributed by atoms with Gasteiger partial charge in [0.05, 0.1) is 0 Å². The zero-order valence-corrected chi connectivity index (χ0v) is 10.9. The molecule has 1 aliphatic carbocycles. The van der Waals surface area contributed by atoms with Gasteiger partial charge in [-0.1, -0.05) is 12.5 Å². The Morgan fingerprint density at radius 2 is 2.33 bits per heavy atom. The SMILES string of the molecule is Cc1cccc(C(=O)NCC2CCCC(N)C2)n1. The van der Waals surface area contributed by atoms with E-state index in [9.17, 15) is 4.79 Å². The fourth-order valence-electron chi connectivity index (χ4n) is 2.52. The first-order valence-corrected chi connectivity index (χ1v) is 6.62. The van der Waals surface area contributed by atoms with Gasteiger partial charge >= 0.3 is 0 Å². The normalized spacial score (nSPS) is 23.7. The Balaban J connectivity index is 1.84. The summed E-state index contributed by atoms with van der Waals surface area (Å²) in [7, 11) is 0. The highest BCUT2D eigenvalue weighted by molar-refractivity contribution is 5.92. The van der Waals surface area contributed by atoms with E-state index in [0.717, 1.165) is 25.0 Å². The first-order chi connectivity index (χ1) is 8.65. The molecule has 4 nitrogen and oxygen atoms in total. The second kappa shape index (κ2) is 5.96. The van der Waals surface area contributed by atoms with Crippen LogP contribution < -0.4 is 11.1 Å². The van der Waals surface area contributed by atoms with Crippen LogP contribution in [0.25, 0.3) is 0 Å². The molecule has 2 rings (SSSR count). The first-order valence-electron chi connectivity index (χ1n) is 6.62. The molecule has 0 bridgehead atoms. The van der Waals surface area contributed by atoms with E-state index in [2.05, 4.69) is 10.3 Å². The van der Waals surface area contributed by atoms with Gasteiger partial charge in [-0.25, -0.2) is 4.98 Å². The molecule has 1 aromatic heterocycles. The Labute approximate surface area is 108 Å². The van der Waals surface area contributed by atoms with E-state index in [1.807, 2.05) is 19.1 Å². The summed E-state index contributed by atoms with van der Waals surface area (Å²) >= 11 is 0. The quantitative estimate of drug-likeness (QED) is 0.853. The summed E-state index contributed by atoms with van der Waals surface area (Å²) in [6.07, 6.45) is 4.46. The minimum absolute atomic E-state index is 0.0853. The Bertz CT molecular complexity index is 419. The van der Waals surface area contributed by atoms with Gasteiger partial charge < -0.3 is 11.1 Å². The molecule has 4 heteroatoms. The maximum atomic E-state index is 11.9. The number of rotatable bonds is 3. The molecule has 1 fully saturated rings. The van der Waals surface area contributed by atoms with Crippen LogP contribution in [0.3, 0.4) is 0 Å². The Morgan fingerprint density at radius 3 is 3.06 bits per heavy atom. The molecular weight excluding hydrogens is 226 g/mol. The zero-order chi connectivity index (χ0) is 13.0. The van der Waals surface area contributed by atoms with E-state index in [4.69, 9.17) is 5.73 Å². The Hall–Kier alpha value is -1.42. The maximum Gasteiger partial charge on any atom is 0.269 e. The van der Waals surface area contributed by atoms with Gasteiger partial charge in [0, 0.05) is 18.3 Å². The number of nitrogens with one attached hydrogen (secondary N) is 1. The predicted octanol–water partition coefficient (Wildman–Crippen LogP) is 1.64. The van der Waals surface area contributed by atoms with Crippen molar-refractivity contribution in [3.8, 4) is 0 Å². The monoisotopic (exact) mass is 247 g/mol. The number of amides is 1. The lowest BCUT2D eigenvalue weighted by Gasteiger charge is -2.26. The largest absolute Gasteiger partial charge is 0.350 e. The lowest BCUT2D eigenvalue weighted by Crippen LogP contribution is -2.35. The highest BCUT2D eigenvalue weighted by atomic mass is 16.1. The van der Waals surface area contributed by atoms with Crippen molar-refractivity contribution in [1.29, 1.82) is 0 Å². The molecule has 0 spiro atoms. The van der Waals surface area contributed by atoms with Gasteiger partial charge in [0.15, 0.2) is 0 Å². The van der Waals surface area contributed by atoms with Crippen LogP contribution in [0.2, 0.25) is 0 Å². The molecule has 1 heterocycles. The van der Waals surface area contributed by atoms with Crippen LogP contribution in [0.5, 0.6) is 0 Å². The van der Waals surface area contributed by atoms with Gasteiger partial charge in [-0.2, -0.15) is 0 Å². The molecule has 0 aromatic carbocycles. The van der Waals surface area contributed by atoms with Crippen molar-refractivity contribution in [3.05, 3.63) is 29.6 Å². The smallest absolute Gasteiger partial charge is 0.269 e. The molecule has 18 heavy (non-hydrogen) atoms. The zero-order valence-electron chi connectivity index (χ0n) is 10.9. The van der Waals surface area contributed by atoms with Crippen LogP contribution >= 0.6 is 0 Å². The van der Waals surface area contributed by atoms with Crippen LogP contribution in [-0.2, 0) is 0 Å². The van der Waals surface area contributed by atoms with E-state index in [0.29, 0.717) is 24.2 Å². The van der Waals surface area contributed by atoms with Gasteiger partial charge in [0.25, 0.3) is 5.91 Å². The number of carbonyl (C=O) groups is 1. The number of hydrogen-bond donors (Lipinski definition) is 2. The minimum atomic E-state index is -0.0853. The van der Waals surface area contributed by atoms with Crippen molar-refractivity contribution in [1.82, 2.24) is 10.3 Å². The fraction of sp³-hybridized carbons (Fsp3) is 0.571. The standard InChI is InChI=1S/C14H21N3O/c1-10-4-2-7-13(17-10)14(18)16-9-11-5-3-6-12(15)8-11/h2,4,7,11-12H,3,5-6,8-9,15H2,1H3,(H,16,18). The van der Waals surface area contributed by atoms with E-state index >= 15 is 0 Å². The molecule has 2 unspecified atom stereocenters. The van der Waals surface area contributed by atoms with Crippen molar-refractivity contribution in [3.63, 3.8) is 0 Å². The molecule has 1 saturated carbocycles. The van der Waals surface area contributed by atoms with Crippen LogP contribution in [0.1, 0.15) is 41.9 Å². The highest BCUT2D eigenvalue weighted by Gasteiger charge is 2.19. The Morgan fingerprint density at radius 1 is 1.50 bits per heavy atom. The summed E-state index contributed by atoms with van der Waals surface area (Å²) in [6, 6.07) is 5.79. The molecule has 3 N–H and O–H groups in total. The number of carbonyl (C=O) groups excluding carboxylic acids is 1. The van der Waals surface area contributed by atoms with E-state index < -0.39 is 0 Å².